The normalized spacial score (nSPS) is 28.6. The lowest BCUT2D eigenvalue weighted by Gasteiger charge is -1.87. The molecule has 1 atom stereocenters. The molecule has 1 aliphatic rings. The van der Waals surface area contributed by atoms with Crippen LogP contribution in [0.2, 0.25) is 0 Å². The molecule has 1 aliphatic heterocycles. The van der Waals surface area contributed by atoms with Gasteiger partial charge in [-0.25, -0.2) is 0 Å². The van der Waals surface area contributed by atoms with Crippen LogP contribution in [-0.2, 0) is 14.3 Å². The quantitative estimate of drug-likeness (QED) is 0.378. The lowest BCUT2D eigenvalue weighted by molar-refractivity contribution is -0.161. The summed E-state index contributed by atoms with van der Waals surface area (Å²) in [4.78, 5) is 10.0. The summed E-state index contributed by atoms with van der Waals surface area (Å²) in [5, 5.41) is 0. The van der Waals surface area contributed by atoms with E-state index in [4.69, 9.17) is 0 Å². The molecule has 0 aromatic heterocycles. The van der Waals surface area contributed by atoms with Crippen LogP contribution in [0.4, 0.5) is 4.20 Å². The second-order valence-electron chi connectivity index (χ2n) is 1.66. The van der Waals surface area contributed by atoms with Crippen molar-refractivity contribution in [2.24, 2.45) is 0 Å². The first-order valence-corrected chi connectivity index (χ1v) is 4.98. The SMILES string of the molecule is O=S1(=O)OCCC1=[P+]([O-])F. The molecule has 0 spiro atoms. The first-order valence-electron chi connectivity index (χ1n) is 2.42. The molecule has 1 heterocycles. The van der Waals surface area contributed by atoms with Gasteiger partial charge in [0.15, 0.2) is 0 Å². The lowest BCUT2D eigenvalue weighted by atomic mass is 10.5. The van der Waals surface area contributed by atoms with E-state index in [2.05, 4.69) is 4.18 Å². The maximum atomic E-state index is 11.9. The van der Waals surface area contributed by atoms with Gasteiger partial charge in [0, 0.05) is 4.20 Å². The van der Waals surface area contributed by atoms with Gasteiger partial charge >= 0.3 is 18.2 Å². The van der Waals surface area contributed by atoms with E-state index in [1.54, 1.807) is 0 Å². The van der Waals surface area contributed by atoms with E-state index < -0.39 is 22.8 Å². The first kappa shape index (κ1) is 8.07. The fourth-order valence-corrected chi connectivity index (χ4v) is 2.51. The average Bonchev–Trinajstić information content (AvgIpc) is 2.08. The predicted octanol–water partition coefficient (Wildman–Crippen LogP) is -0.492. The van der Waals surface area contributed by atoms with Gasteiger partial charge in [-0.05, 0) is 0 Å². The second-order valence-corrected chi connectivity index (χ2v) is 4.63. The number of hydrogen-bond donors (Lipinski definition) is 0. The van der Waals surface area contributed by atoms with Gasteiger partial charge in [-0.1, -0.05) is 0 Å². The van der Waals surface area contributed by atoms with Gasteiger partial charge in [-0.15, -0.1) is 0 Å². The molecule has 58 valence electrons. The number of halogens is 1. The van der Waals surface area contributed by atoms with Crippen LogP contribution in [0.3, 0.4) is 0 Å². The molecule has 1 rings (SSSR count). The summed E-state index contributed by atoms with van der Waals surface area (Å²) in [6.07, 6.45) is -0.0892. The van der Waals surface area contributed by atoms with Crippen LogP contribution in [-0.4, -0.2) is 19.7 Å². The maximum absolute atomic E-state index is 11.9. The Labute approximate surface area is 58.3 Å². The van der Waals surface area contributed by atoms with Crippen molar-refractivity contribution in [2.75, 3.05) is 6.61 Å². The molecule has 0 aromatic rings. The van der Waals surface area contributed by atoms with E-state index in [0.29, 0.717) is 0 Å². The fourth-order valence-electron chi connectivity index (χ4n) is 0.608. The molecule has 0 aliphatic carbocycles. The lowest BCUT2D eigenvalue weighted by Crippen LogP contribution is -2.08. The van der Waals surface area contributed by atoms with Crippen molar-refractivity contribution in [3.05, 3.63) is 0 Å². The summed E-state index contributed by atoms with van der Waals surface area (Å²) in [5.41, 5.74) is 0. The van der Waals surface area contributed by atoms with E-state index in [1.807, 2.05) is 0 Å². The van der Waals surface area contributed by atoms with Gasteiger partial charge < -0.3 is 4.89 Å². The molecule has 1 saturated heterocycles. The van der Waals surface area contributed by atoms with Crippen LogP contribution in [0.25, 0.3) is 0 Å². The first-order chi connectivity index (χ1) is 4.54. The standard InChI is InChI=1S/C3H4FO4PS/c4-9(5)3-1-2-8-10(3,6)7/h1-2H2. The van der Waals surface area contributed by atoms with Crippen LogP contribution in [0, 0.1) is 0 Å². The molecule has 1 fully saturated rings. The summed E-state index contributed by atoms with van der Waals surface area (Å²) in [7, 11) is -7.16. The number of rotatable bonds is 0. The Morgan fingerprint density at radius 1 is 1.70 bits per heavy atom. The van der Waals surface area contributed by atoms with Crippen LogP contribution < -0.4 is 4.89 Å². The maximum Gasteiger partial charge on any atom is 0.336 e. The molecule has 4 nitrogen and oxygen atoms in total. The minimum absolute atomic E-state index is 0.0892. The largest absolute Gasteiger partial charge is 0.597 e. The fraction of sp³-hybridized carbons (Fsp3) is 0.667. The summed E-state index contributed by atoms with van der Waals surface area (Å²) >= 11 is 0. The second kappa shape index (κ2) is 2.54. The van der Waals surface area contributed by atoms with Gasteiger partial charge in [0.2, 0.25) is 0 Å². The van der Waals surface area contributed by atoms with Crippen LogP contribution in [0.15, 0.2) is 0 Å². The van der Waals surface area contributed by atoms with Crippen LogP contribution in [0.5, 0.6) is 0 Å². The highest BCUT2D eigenvalue weighted by Gasteiger charge is 2.35. The van der Waals surface area contributed by atoms with Crippen molar-refractivity contribution < 1.29 is 21.7 Å². The molecule has 10 heavy (non-hydrogen) atoms. The predicted molar refractivity (Wildman–Crippen MR) is 32.5 cm³/mol. The van der Waals surface area contributed by atoms with Gasteiger partial charge in [0.1, 0.15) is 0 Å². The van der Waals surface area contributed by atoms with Crippen LogP contribution >= 0.6 is 8.08 Å². The minimum atomic E-state index is -3.93. The van der Waals surface area contributed by atoms with E-state index in [0.717, 1.165) is 0 Å². The summed E-state index contributed by atoms with van der Waals surface area (Å²) in [5.74, 6) is 0. The van der Waals surface area contributed by atoms with Crippen molar-refractivity contribution in [3.63, 3.8) is 0 Å². The highest BCUT2D eigenvalue weighted by molar-refractivity contribution is 8.08. The molecule has 0 saturated carbocycles. The van der Waals surface area contributed by atoms with Gasteiger partial charge in [0.25, 0.3) is 4.63 Å². The third-order valence-corrected chi connectivity index (χ3v) is 4.01. The molecule has 0 radical (unpaired) electrons. The van der Waals surface area contributed by atoms with Crippen molar-refractivity contribution in [2.45, 2.75) is 6.42 Å². The highest BCUT2D eigenvalue weighted by atomic mass is 32.2. The smallest absolute Gasteiger partial charge is 0.336 e. The highest BCUT2D eigenvalue weighted by Crippen LogP contribution is 2.25. The summed E-state index contributed by atoms with van der Waals surface area (Å²) in [6, 6.07) is 0. The topological polar surface area (TPSA) is 66.4 Å². The van der Waals surface area contributed by atoms with Crippen molar-refractivity contribution >= 4 is 22.8 Å². The van der Waals surface area contributed by atoms with Crippen molar-refractivity contribution in [1.29, 1.82) is 0 Å². The van der Waals surface area contributed by atoms with Gasteiger partial charge in [0.05, 0.1) is 13.0 Å². The average molecular weight is 186 g/mol. The zero-order valence-corrected chi connectivity index (χ0v) is 6.49. The Morgan fingerprint density at radius 3 is 2.50 bits per heavy atom. The Hall–Kier alpha value is -0.0300. The van der Waals surface area contributed by atoms with Gasteiger partial charge in [-0.2, -0.15) is 8.42 Å². The third-order valence-electron chi connectivity index (χ3n) is 1.04. The molecule has 0 amide bonds. The third kappa shape index (κ3) is 1.34. The molecule has 0 aromatic carbocycles. The van der Waals surface area contributed by atoms with Gasteiger partial charge in [-0.3, -0.25) is 4.18 Å². The molecular formula is C3H4FO4PS. The number of hydrogen-bond acceptors (Lipinski definition) is 4. The molecular weight excluding hydrogens is 182 g/mol. The molecule has 7 heteroatoms. The zero-order valence-electron chi connectivity index (χ0n) is 4.78. The molecule has 1 unspecified atom stereocenters. The molecule has 0 N–H and O–H groups in total. The van der Waals surface area contributed by atoms with E-state index in [1.165, 1.54) is 0 Å². The Kier molecular flexibility index (Phi) is 2.05. The summed E-state index contributed by atoms with van der Waals surface area (Å²) in [6.45, 7) is -0.0946. The Balaban J connectivity index is 3.14. The van der Waals surface area contributed by atoms with Crippen LogP contribution in [0.1, 0.15) is 6.42 Å². The monoisotopic (exact) mass is 186 g/mol. The minimum Gasteiger partial charge on any atom is -0.597 e. The van der Waals surface area contributed by atoms with Crippen molar-refractivity contribution in [1.82, 2.24) is 0 Å². The van der Waals surface area contributed by atoms with E-state index in [9.17, 15) is 17.5 Å². The van der Waals surface area contributed by atoms with E-state index in [-0.39, 0.29) is 13.0 Å². The molecule has 0 bridgehead atoms. The van der Waals surface area contributed by atoms with Crippen molar-refractivity contribution in [3.8, 4) is 0 Å². The zero-order chi connectivity index (χ0) is 7.78. The Morgan fingerprint density at radius 2 is 2.30 bits per heavy atom. The summed E-state index contributed by atoms with van der Waals surface area (Å²) < 4.78 is 36.5. The van der Waals surface area contributed by atoms with E-state index >= 15 is 0 Å². The Bertz CT molecular complexity index is 264.